The molecule has 5 nitrogen and oxygen atoms in total. The number of nitrogens with one attached hydrogen (secondary N) is 1. The fraction of sp³-hybridized carbons (Fsp3) is 0.900. The van der Waals surface area contributed by atoms with Crippen LogP contribution in [0.2, 0.25) is 0 Å². The van der Waals surface area contributed by atoms with E-state index in [1.54, 1.807) is 11.9 Å². The molecule has 1 N–H and O–H groups in total. The van der Waals surface area contributed by atoms with Crippen molar-refractivity contribution < 1.29 is 13.2 Å². The molecule has 1 amide bonds. The van der Waals surface area contributed by atoms with E-state index in [0.717, 1.165) is 25.9 Å². The smallest absolute Gasteiger partial charge is 0.237 e. The van der Waals surface area contributed by atoms with Crippen LogP contribution >= 0.6 is 0 Å². The van der Waals surface area contributed by atoms with Crippen LogP contribution in [-0.4, -0.2) is 56.9 Å². The van der Waals surface area contributed by atoms with Gasteiger partial charge in [0.1, 0.15) is 5.75 Å². The van der Waals surface area contributed by atoms with E-state index < -0.39 is 9.84 Å². The Morgan fingerprint density at radius 3 is 2.44 bits per heavy atom. The van der Waals surface area contributed by atoms with Gasteiger partial charge in [-0.15, -0.1) is 0 Å². The number of hydrogen-bond acceptors (Lipinski definition) is 4. The van der Waals surface area contributed by atoms with Crippen LogP contribution in [0, 0.1) is 5.92 Å². The highest BCUT2D eigenvalue weighted by Crippen LogP contribution is 2.25. The summed E-state index contributed by atoms with van der Waals surface area (Å²) in [7, 11) is -1.53. The van der Waals surface area contributed by atoms with Crippen LogP contribution in [0.5, 0.6) is 0 Å². The molecule has 2 aliphatic rings. The van der Waals surface area contributed by atoms with Gasteiger partial charge in [0.15, 0.2) is 9.84 Å². The summed E-state index contributed by atoms with van der Waals surface area (Å²) in [5.74, 6) is -0.236. The Hall–Kier alpha value is -0.620. The van der Waals surface area contributed by atoms with Gasteiger partial charge in [-0.25, -0.2) is 8.42 Å². The Bertz CT molecular complexity index is 372. The van der Waals surface area contributed by atoms with E-state index in [4.69, 9.17) is 0 Å². The first kappa shape index (κ1) is 11.9. The molecule has 2 fully saturated rings. The molecule has 0 aromatic heterocycles. The fourth-order valence-corrected chi connectivity index (χ4v) is 3.49. The third kappa shape index (κ3) is 2.95. The van der Waals surface area contributed by atoms with Gasteiger partial charge in [-0.3, -0.25) is 4.79 Å². The maximum Gasteiger partial charge on any atom is 0.237 e. The number of carbonyl (C=O) groups excluding carboxylic acids is 1. The Morgan fingerprint density at radius 1 is 1.38 bits per heavy atom. The van der Waals surface area contributed by atoms with Crippen LogP contribution in [0.25, 0.3) is 0 Å². The third-order valence-corrected chi connectivity index (χ3v) is 4.85. The predicted octanol–water partition coefficient (Wildman–Crippen LogP) is -0.759. The molecule has 1 aliphatic heterocycles. The van der Waals surface area contributed by atoms with Crippen molar-refractivity contribution in [2.45, 2.75) is 18.9 Å². The SMILES string of the molecule is CN(C(=O)CS(=O)(=O)CC1CNC1)C1CC1. The Labute approximate surface area is 96.1 Å². The van der Waals surface area contributed by atoms with Gasteiger partial charge in [0.05, 0.1) is 5.75 Å². The van der Waals surface area contributed by atoms with E-state index in [-0.39, 0.29) is 29.4 Å². The normalized spacial score (nSPS) is 21.6. The standard InChI is InChI=1S/C10H18N2O3S/c1-12(9-2-3-9)10(13)7-16(14,15)6-8-4-11-5-8/h8-9,11H,2-7H2,1H3. The number of nitrogens with zero attached hydrogens (tertiary/aromatic N) is 1. The number of sulfone groups is 1. The van der Waals surface area contributed by atoms with E-state index >= 15 is 0 Å². The molecule has 92 valence electrons. The maximum absolute atomic E-state index is 11.7. The lowest BCUT2D eigenvalue weighted by atomic mass is 10.1. The van der Waals surface area contributed by atoms with Gasteiger partial charge in [-0.05, 0) is 18.8 Å². The van der Waals surface area contributed by atoms with Crippen LogP contribution in [0.3, 0.4) is 0 Å². The lowest BCUT2D eigenvalue weighted by Crippen LogP contribution is -2.46. The van der Waals surface area contributed by atoms with Crippen LogP contribution in [0.4, 0.5) is 0 Å². The number of amides is 1. The Morgan fingerprint density at radius 2 is 2.00 bits per heavy atom. The summed E-state index contributed by atoms with van der Waals surface area (Å²) < 4.78 is 23.4. The van der Waals surface area contributed by atoms with E-state index in [2.05, 4.69) is 5.32 Å². The monoisotopic (exact) mass is 246 g/mol. The van der Waals surface area contributed by atoms with Crippen LogP contribution < -0.4 is 5.32 Å². The summed E-state index contributed by atoms with van der Waals surface area (Å²) in [6.07, 6.45) is 2.02. The molecule has 16 heavy (non-hydrogen) atoms. The largest absolute Gasteiger partial charge is 0.342 e. The second-order valence-corrected chi connectivity index (χ2v) is 6.92. The van der Waals surface area contributed by atoms with Crippen molar-refractivity contribution in [3.63, 3.8) is 0 Å². The highest BCUT2D eigenvalue weighted by molar-refractivity contribution is 7.92. The molecule has 0 spiro atoms. The molecule has 2 rings (SSSR count). The molecular formula is C10H18N2O3S. The molecule has 6 heteroatoms. The molecule has 1 heterocycles. The van der Waals surface area contributed by atoms with Gasteiger partial charge in [-0.2, -0.15) is 0 Å². The molecular weight excluding hydrogens is 228 g/mol. The first-order valence-corrected chi connectivity index (χ1v) is 7.47. The molecule has 0 aromatic carbocycles. The van der Waals surface area contributed by atoms with E-state index in [1.165, 1.54) is 0 Å². The molecule has 1 saturated carbocycles. The fourth-order valence-electron chi connectivity index (χ4n) is 1.84. The number of rotatable bonds is 5. The van der Waals surface area contributed by atoms with Gasteiger partial charge in [0.2, 0.25) is 5.91 Å². The lowest BCUT2D eigenvalue weighted by Gasteiger charge is -2.26. The number of carbonyl (C=O) groups is 1. The van der Waals surface area contributed by atoms with Gasteiger partial charge < -0.3 is 10.2 Å². The summed E-state index contributed by atoms with van der Waals surface area (Å²) in [6, 6.07) is 0.285. The topological polar surface area (TPSA) is 66.5 Å². The van der Waals surface area contributed by atoms with E-state index in [9.17, 15) is 13.2 Å². The molecule has 1 saturated heterocycles. The van der Waals surface area contributed by atoms with Gasteiger partial charge in [0, 0.05) is 26.2 Å². The van der Waals surface area contributed by atoms with Crippen molar-refractivity contribution in [1.82, 2.24) is 10.2 Å². The minimum atomic E-state index is -3.22. The van der Waals surface area contributed by atoms with Gasteiger partial charge >= 0.3 is 0 Å². The summed E-state index contributed by atoms with van der Waals surface area (Å²) in [5, 5.41) is 3.03. The maximum atomic E-state index is 11.7. The first-order valence-electron chi connectivity index (χ1n) is 5.65. The van der Waals surface area contributed by atoms with Crippen molar-refractivity contribution in [2.24, 2.45) is 5.92 Å². The van der Waals surface area contributed by atoms with Gasteiger partial charge in [-0.1, -0.05) is 0 Å². The van der Waals surface area contributed by atoms with Crippen molar-refractivity contribution in [3.8, 4) is 0 Å². The van der Waals surface area contributed by atoms with Gasteiger partial charge in [0.25, 0.3) is 0 Å². The van der Waals surface area contributed by atoms with Crippen molar-refractivity contribution in [1.29, 1.82) is 0 Å². The van der Waals surface area contributed by atoms with Crippen LogP contribution in [-0.2, 0) is 14.6 Å². The molecule has 0 radical (unpaired) electrons. The molecule has 1 aliphatic carbocycles. The lowest BCUT2D eigenvalue weighted by molar-refractivity contribution is -0.127. The average molecular weight is 246 g/mol. The summed E-state index contributed by atoms with van der Waals surface area (Å²) in [4.78, 5) is 13.2. The zero-order valence-corrected chi connectivity index (χ0v) is 10.3. The summed E-state index contributed by atoms with van der Waals surface area (Å²) >= 11 is 0. The average Bonchev–Trinajstić information content (AvgIpc) is 2.92. The minimum Gasteiger partial charge on any atom is -0.342 e. The Kier molecular flexibility index (Phi) is 3.21. The van der Waals surface area contributed by atoms with E-state index in [0.29, 0.717) is 0 Å². The highest BCUT2D eigenvalue weighted by Gasteiger charge is 2.32. The van der Waals surface area contributed by atoms with Crippen molar-refractivity contribution in [3.05, 3.63) is 0 Å². The second-order valence-electron chi connectivity index (χ2n) is 4.81. The van der Waals surface area contributed by atoms with Crippen LogP contribution in [0.15, 0.2) is 0 Å². The summed E-state index contributed by atoms with van der Waals surface area (Å²) in [5.41, 5.74) is 0. The Balaban J connectivity index is 1.84. The molecule has 0 unspecified atom stereocenters. The zero-order chi connectivity index (χ0) is 11.8. The highest BCUT2D eigenvalue weighted by atomic mass is 32.2. The zero-order valence-electron chi connectivity index (χ0n) is 9.48. The minimum absolute atomic E-state index is 0.143. The van der Waals surface area contributed by atoms with Crippen molar-refractivity contribution in [2.75, 3.05) is 31.6 Å². The molecule has 0 bridgehead atoms. The quantitative estimate of drug-likeness (QED) is 0.692. The van der Waals surface area contributed by atoms with E-state index in [1.807, 2.05) is 0 Å². The van der Waals surface area contributed by atoms with Crippen molar-refractivity contribution >= 4 is 15.7 Å². The third-order valence-electron chi connectivity index (χ3n) is 3.19. The molecule has 0 atom stereocenters. The van der Waals surface area contributed by atoms with Crippen LogP contribution in [0.1, 0.15) is 12.8 Å². The predicted molar refractivity (Wildman–Crippen MR) is 60.8 cm³/mol. The summed E-state index contributed by atoms with van der Waals surface area (Å²) in [6.45, 7) is 1.51. The molecule has 0 aromatic rings. The number of hydrogen-bond donors (Lipinski definition) is 1. The second kappa shape index (κ2) is 4.33. The first-order chi connectivity index (χ1) is 7.48.